The van der Waals surface area contributed by atoms with E-state index < -0.39 is 12.1 Å². The van der Waals surface area contributed by atoms with Crippen molar-refractivity contribution in [3.05, 3.63) is 46.8 Å². The number of aryl methyl sites for hydroxylation is 2. The number of amides is 1. The van der Waals surface area contributed by atoms with Crippen molar-refractivity contribution in [3.63, 3.8) is 0 Å². The SMILES string of the molecule is Cc1noc(C)c1CC(=O)O[C@@H](C)C(=O)c1ccc(NC(=O)C(C)C)cc1. The number of ketones is 1. The molecule has 0 saturated heterocycles. The van der Waals surface area contributed by atoms with E-state index in [0.29, 0.717) is 28.3 Å². The molecule has 0 aliphatic carbocycles. The van der Waals surface area contributed by atoms with Gasteiger partial charge in [-0.15, -0.1) is 0 Å². The molecular formula is C20H24N2O5. The molecule has 0 unspecified atom stereocenters. The van der Waals surface area contributed by atoms with Crippen molar-refractivity contribution in [2.45, 2.75) is 47.1 Å². The maximum absolute atomic E-state index is 12.5. The minimum absolute atomic E-state index is 0.00103. The zero-order chi connectivity index (χ0) is 20.1. The van der Waals surface area contributed by atoms with Gasteiger partial charge >= 0.3 is 5.97 Å². The summed E-state index contributed by atoms with van der Waals surface area (Å²) in [6.07, 6.45) is -0.923. The number of anilines is 1. The van der Waals surface area contributed by atoms with Crippen LogP contribution in [0.3, 0.4) is 0 Å². The van der Waals surface area contributed by atoms with Crippen LogP contribution in [0.2, 0.25) is 0 Å². The van der Waals surface area contributed by atoms with Crippen LogP contribution in [0.4, 0.5) is 5.69 Å². The Labute approximate surface area is 158 Å². The van der Waals surface area contributed by atoms with Crippen molar-refractivity contribution in [3.8, 4) is 0 Å². The van der Waals surface area contributed by atoms with E-state index in [0.717, 1.165) is 0 Å². The standard InChI is InChI=1S/C20H24N2O5/c1-11(2)20(25)21-16-8-6-15(7-9-16)19(24)14(5)26-18(23)10-17-12(3)22-27-13(17)4/h6-9,11,14H,10H2,1-5H3,(H,21,25)/t14-/m0/s1. The highest BCUT2D eigenvalue weighted by atomic mass is 16.5. The molecular weight excluding hydrogens is 348 g/mol. The second kappa shape index (κ2) is 8.62. The first-order valence-corrected chi connectivity index (χ1v) is 8.75. The number of Topliss-reactive ketones (excluding diaryl/α,β-unsaturated/α-hetero) is 1. The number of aromatic nitrogens is 1. The van der Waals surface area contributed by atoms with Gasteiger partial charge in [0, 0.05) is 22.7 Å². The number of carbonyl (C=O) groups is 3. The van der Waals surface area contributed by atoms with Crippen LogP contribution in [0.15, 0.2) is 28.8 Å². The Morgan fingerprint density at radius 3 is 2.26 bits per heavy atom. The summed E-state index contributed by atoms with van der Waals surface area (Å²) in [7, 11) is 0. The highest BCUT2D eigenvalue weighted by molar-refractivity contribution is 6.01. The minimum atomic E-state index is -0.922. The van der Waals surface area contributed by atoms with Crippen molar-refractivity contribution >= 4 is 23.3 Å². The van der Waals surface area contributed by atoms with E-state index in [-0.39, 0.29) is 24.0 Å². The van der Waals surface area contributed by atoms with Crippen LogP contribution in [-0.4, -0.2) is 28.9 Å². The van der Waals surface area contributed by atoms with Crippen LogP contribution >= 0.6 is 0 Å². The van der Waals surface area contributed by atoms with Crippen molar-refractivity contribution in [1.29, 1.82) is 0 Å². The van der Waals surface area contributed by atoms with E-state index in [1.54, 1.807) is 52.0 Å². The van der Waals surface area contributed by atoms with Crippen molar-refractivity contribution in [2.75, 3.05) is 5.32 Å². The number of nitrogens with zero attached hydrogens (tertiary/aromatic N) is 1. The lowest BCUT2D eigenvalue weighted by atomic mass is 10.1. The zero-order valence-corrected chi connectivity index (χ0v) is 16.2. The minimum Gasteiger partial charge on any atom is -0.454 e. The predicted molar refractivity (Wildman–Crippen MR) is 99.5 cm³/mol. The maximum atomic E-state index is 12.5. The smallest absolute Gasteiger partial charge is 0.311 e. The summed E-state index contributed by atoms with van der Waals surface area (Å²) in [6, 6.07) is 6.48. The number of hydrogen-bond donors (Lipinski definition) is 1. The molecule has 0 aliphatic rings. The summed E-state index contributed by atoms with van der Waals surface area (Å²) >= 11 is 0. The molecule has 1 aromatic carbocycles. The molecule has 1 aromatic heterocycles. The third-order valence-corrected chi connectivity index (χ3v) is 4.14. The molecule has 0 bridgehead atoms. The first-order chi connectivity index (χ1) is 12.7. The van der Waals surface area contributed by atoms with E-state index in [4.69, 9.17) is 9.26 Å². The molecule has 1 amide bonds. The molecule has 0 radical (unpaired) electrons. The third-order valence-electron chi connectivity index (χ3n) is 4.14. The molecule has 1 atom stereocenters. The van der Waals surface area contributed by atoms with E-state index >= 15 is 0 Å². The van der Waals surface area contributed by atoms with Gasteiger partial charge in [-0.1, -0.05) is 19.0 Å². The van der Waals surface area contributed by atoms with Gasteiger partial charge in [0.25, 0.3) is 0 Å². The number of esters is 1. The van der Waals surface area contributed by atoms with Crippen LogP contribution in [0.5, 0.6) is 0 Å². The molecule has 0 saturated carbocycles. The number of rotatable bonds is 7. The predicted octanol–water partition coefficient (Wildman–Crippen LogP) is 3.24. The van der Waals surface area contributed by atoms with E-state index in [9.17, 15) is 14.4 Å². The van der Waals surface area contributed by atoms with Crippen molar-refractivity contribution in [2.24, 2.45) is 5.92 Å². The lowest BCUT2D eigenvalue weighted by molar-refractivity contribution is -0.145. The Kier molecular flexibility index (Phi) is 6.50. The molecule has 27 heavy (non-hydrogen) atoms. The number of hydrogen-bond acceptors (Lipinski definition) is 6. The Balaban J connectivity index is 1.96. The molecule has 144 valence electrons. The monoisotopic (exact) mass is 372 g/mol. The second-order valence-corrected chi connectivity index (χ2v) is 6.70. The van der Waals surface area contributed by atoms with Gasteiger partial charge in [0.15, 0.2) is 6.10 Å². The summed E-state index contributed by atoms with van der Waals surface area (Å²) in [6.45, 7) is 8.59. The van der Waals surface area contributed by atoms with E-state index in [2.05, 4.69) is 10.5 Å². The quantitative estimate of drug-likeness (QED) is 0.592. The summed E-state index contributed by atoms with van der Waals surface area (Å²) < 4.78 is 10.3. The molecule has 1 heterocycles. The van der Waals surface area contributed by atoms with Crippen LogP contribution in [0.25, 0.3) is 0 Å². The summed E-state index contributed by atoms with van der Waals surface area (Å²) in [5.74, 6) is -0.517. The molecule has 0 fully saturated rings. The number of carbonyl (C=O) groups excluding carboxylic acids is 3. The molecule has 7 heteroatoms. The average molecular weight is 372 g/mol. The molecule has 0 aliphatic heterocycles. The third kappa shape index (κ3) is 5.26. The van der Waals surface area contributed by atoms with E-state index in [1.165, 1.54) is 6.92 Å². The van der Waals surface area contributed by atoms with Crippen molar-refractivity contribution < 1.29 is 23.6 Å². The van der Waals surface area contributed by atoms with Gasteiger partial charge in [0.1, 0.15) is 5.76 Å². The topological polar surface area (TPSA) is 98.5 Å². The first kappa shape index (κ1) is 20.4. The Bertz CT molecular complexity index is 817. The summed E-state index contributed by atoms with van der Waals surface area (Å²) in [5.41, 5.74) is 2.30. The fraction of sp³-hybridized carbons (Fsp3) is 0.400. The molecule has 0 spiro atoms. The van der Waals surface area contributed by atoms with Gasteiger partial charge in [0.2, 0.25) is 11.7 Å². The molecule has 2 aromatic rings. The zero-order valence-electron chi connectivity index (χ0n) is 16.2. The highest BCUT2D eigenvalue weighted by Gasteiger charge is 2.22. The van der Waals surface area contributed by atoms with Crippen LogP contribution in [0, 0.1) is 19.8 Å². The van der Waals surface area contributed by atoms with E-state index in [1.807, 2.05) is 0 Å². The van der Waals surface area contributed by atoms with Gasteiger partial charge in [-0.2, -0.15) is 0 Å². The molecule has 1 N–H and O–H groups in total. The summed E-state index contributed by atoms with van der Waals surface area (Å²) in [5, 5.41) is 6.54. The van der Waals surface area contributed by atoms with Gasteiger partial charge in [0.05, 0.1) is 12.1 Å². The fourth-order valence-corrected chi connectivity index (χ4v) is 2.43. The van der Waals surface area contributed by atoms with Crippen LogP contribution < -0.4 is 5.32 Å². The average Bonchev–Trinajstić information content (AvgIpc) is 2.93. The molecule has 2 rings (SSSR count). The number of nitrogens with one attached hydrogen (secondary N) is 1. The molecule has 7 nitrogen and oxygen atoms in total. The van der Waals surface area contributed by atoms with Gasteiger partial charge in [-0.3, -0.25) is 14.4 Å². The van der Waals surface area contributed by atoms with Crippen LogP contribution in [0.1, 0.15) is 48.1 Å². The Morgan fingerprint density at radius 2 is 1.74 bits per heavy atom. The van der Waals surface area contributed by atoms with Gasteiger partial charge < -0.3 is 14.6 Å². The van der Waals surface area contributed by atoms with Crippen molar-refractivity contribution in [1.82, 2.24) is 5.16 Å². The lowest BCUT2D eigenvalue weighted by Crippen LogP contribution is -2.25. The van der Waals surface area contributed by atoms with Gasteiger partial charge in [-0.25, -0.2) is 0 Å². The second-order valence-electron chi connectivity index (χ2n) is 6.70. The largest absolute Gasteiger partial charge is 0.454 e. The lowest BCUT2D eigenvalue weighted by Gasteiger charge is -2.13. The first-order valence-electron chi connectivity index (χ1n) is 8.75. The summed E-state index contributed by atoms with van der Waals surface area (Å²) in [4.78, 5) is 36.3. The number of benzene rings is 1. The van der Waals surface area contributed by atoms with Crippen LogP contribution in [-0.2, 0) is 20.7 Å². The Morgan fingerprint density at radius 1 is 1.11 bits per heavy atom. The number of ether oxygens (including phenoxy) is 1. The maximum Gasteiger partial charge on any atom is 0.311 e. The Hall–Kier alpha value is -2.96. The van der Waals surface area contributed by atoms with Gasteiger partial charge in [-0.05, 0) is 45.0 Å². The normalized spacial score (nSPS) is 11.9. The fourth-order valence-electron chi connectivity index (χ4n) is 2.43. The highest BCUT2D eigenvalue weighted by Crippen LogP contribution is 2.16.